The molecule has 6 nitrogen and oxygen atoms in total. The van der Waals surface area contributed by atoms with Gasteiger partial charge in [0, 0.05) is 17.8 Å². The van der Waals surface area contributed by atoms with Gasteiger partial charge >= 0.3 is 5.97 Å². The zero-order valence-electron chi connectivity index (χ0n) is 11.8. The summed E-state index contributed by atoms with van der Waals surface area (Å²) >= 11 is 1.27. The van der Waals surface area contributed by atoms with Crippen LogP contribution in [0.2, 0.25) is 0 Å². The summed E-state index contributed by atoms with van der Waals surface area (Å²) in [5, 5.41) is 17.5. The molecule has 0 amide bonds. The second kappa shape index (κ2) is 5.85. The van der Waals surface area contributed by atoms with Crippen molar-refractivity contribution in [1.29, 1.82) is 0 Å². The SMILES string of the molecule is CCc1cc(OCc2nnc3n2CCCC3)c(C(=O)O)s1. The van der Waals surface area contributed by atoms with Crippen LogP contribution in [0.15, 0.2) is 6.07 Å². The Labute approximate surface area is 126 Å². The number of ether oxygens (including phenoxy) is 1. The van der Waals surface area contributed by atoms with Gasteiger partial charge in [-0.05, 0) is 25.3 Å². The van der Waals surface area contributed by atoms with Crippen LogP contribution in [-0.4, -0.2) is 25.8 Å². The maximum atomic E-state index is 11.2. The number of nitrogens with zero attached hydrogens (tertiary/aromatic N) is 3. The number of carboxylic acids is 1. The molecule has 2 aromatic rings. The van der Waals surface area contributed by atoms with Gasteiger partial charge in [-0.15, -0.1) is 21.5 Å². The molecule has 0 saturated heterocycles. The van der Waals surface area contributed by atoms with Gasteiger partial charge in [0.05, 0.1) is 0 Å². The molecule has 21 heavy (non-hydrogen) atoms. The van der Waals surface area contributed by atoms with Crippen LogP contribution >= 0.6 is 11.3 Å². The molecule has 1 aliphatic rings. The Morgan fingerprint density at radius 3 is 3.10 bits per heavy atom. The van der Waals surface area contributed by atoms with E-state index in [0.717, 1.165) is 48.8 Å². The van der Waals surface area contributed by atoms with E-state index in [1.54, 1.807) is 0 Å². The molecule has 0 unspecified atom stereocenters. The topological polar surface area (TPSA) is 77.2 Å². The van der Waals surface area contributed by atoms with Gasteiger partial charge in [0.2, 0.25) is 0 Å². The van der Waals surface area contributed by atoms with Gasteiger partial charge in [0.15, 0.2) is 10.7 Å². The first-order valence-electron chi connectivity index (χ1n) is 7.08. The number of thiophene rings is 1. The number of hydrogen-bond donors (Lipinski definition) is 1. The fraction of sp³-hybridized carbons (Fsp3) is 0.500. The summed E-state index contributed by atoms with van der Waals surface area (Å²) in [6.45, 7) is 3.17. The van der Waals surface area contributed by atoms with E-state index in [1.165, 1.54) is 11.3 Å². The molecule has 7 heteroatoms. The molecule has 3 heterocycles. The monoisotopic (exact) mass is 307 g/mol. The van der Waals surface area contributed by atoms with Crippen molar-refractivity contribution in [3.05, 3.63) is 27.5 Å². The first-order chi connectivity index (χ1) is 10.2. The third-order valence-corrected chi connectivity index (χ3v) is 4.83. The van der Waals surface area contributed by atoms with Crippen molar-refractivity contribution < 1.29 is 14.6 Å². The van der Waals surface area contributed by atoms with Crippen LogP contribution in [0.25, 0.3) is 0 Å². The molecule has 0 spiro atoms. The molecular formula is C14H17N3O3S. The Bertz CT molecular complexity index is 662. The van der Waals surface area contributed by atoms with Crippen molar-refractivity contribution in [3.8, 4) is 5.75 Å². The van der Waals surface area contributed by atoms with E-state index in [1.807, 2.05) is 13.0 Å². The summed E-state index contributed by atoms with van der Waals surface area (Å²) in [7, 11) is 0. The smallest absolute Gasteiger partial charge is 0.349 e. The fourth-order valence-corrected chi connectivity index (χ4v) is 3.35. The normalized spacial score (nSPS) is 14.0. The minimum absolute atomic E-state index is 0.255. The van der Waals surface area contributed by atoms with Gasteiger partial charge in [-0.25, -0.2) is 4.79 Å². The second-order valence-electron chi connectivity index (χ2n) is 4.99. The maximum absolute atomic E-state index is 11.2. The van der Waals surface area contributed by atoms with E-state index in [2.05, 4.69) is 14.8 Å². The van der Waals surface area contributed by atoms with Crippen LogP contribution in [0.4, 0.5) is 0 Å². The predicted octanol–water partition coefficient (Wildman–Crippen LogP) is 2.52. The van der Waals surface area contributed by atoms with Crippen molar-refractivity contribution in [2.24, 2.45) is 0 Å². The van der Waals surface area contributed by atoms with E-state index in [9.17, 15) is 9.90 Å². The molecule has 1 aliphatic heterocycles. The Morgan fingerprint density at radius 1 is 1.48 bits per heavy atom. The lowest BCUT2D eigenvalue weighted by Crippen LogP contribution is -2.14. The Balaban J connectivity index is 1.77. The summed E-state index contributed by atoms with van der Waals surface area (Å²) in [6.07, 6.45) is 4.02. The standard InChI is InChI=1S/C14H17N3O3S/c1-2-9-7-10(13(21-9)14(18)19)20-8-12-16-15-11-5-3-4-6-17(11)12/h7H,2-6,8H2,1H3,(H,18,19). The summed E-state index contributed by atoms with van der Waals surface area (Å²) < 4.78 is 7.78. The predicted molar refractivity (Wildman–Crippen MR) is 77.9 cm³/mol. The summed E-state index contributed by atoms with van der Waals surface area (Å²) in [5.41, 5.74) is 0. The van der Waals surface area contributed by atoms with Crippen molar-refractivity contribution >= 4 is 17.3 Å². The molecule has 1 N–H and O–H groups in total. The molecule has 0 atom stereocenters. The molecule has 2 aromatic heterocycles. The minimum Gasteiger partial charge on any atom is -0.484 e. The van der Waals surface area contributed by atoms with Crippen LogP contribution in [0.3, 0.4) is 0 Å². The number of rotatable bonds is 5. The van der Waals surface area contributed by atoms with Gasteiger partial charge < -0.3 is 14.4 Å². The lowest BCUT2D eigenvalue weighted by molar-refractivity contribution is 0.0697. The summed E-state index contributed by atoms with van der Waals surface area (Å²) in [4.78, 5) is 12.5. The molecule has 0 aliphatic carbocycles. The largest absolute Gasteiger partial charge is 0.484 e. The van der Waals surface area contributed by atoms with Crippen LogP contribution in [-0.2, 0) is 26.0 Å². The molecule has 0 fully saturated rings. The first-order valence-corrected chi connectivity index (χ1v) is 7.90. The molecule has 0 bridgehead atoms. The van der Waals surface area contributed by atoms with Crippen LogP contribution in [0.5, 0.6) is 5.75 Å². The average Bonchev–Trinajstić information content (AvgIpc) is 3.09. The van der Waals surface area contributed by atoms with Crippen molar-refractivity contribution in [3.63, 3.8) is 0 Å². The second-order valence-corrected chi connectivity index (χ2v) is 6.13. The van der Waals surface area contributed by atoms with Gasteiger partial charge in [-0.1, -0.05) is 6.92 Å². The maximum Gasteiger partial charge on any atom is 0.349 e. The quantitative estimate of drug-likeness (QED) is 0.918. The summed E-state index contributed by atoms with van der Waals surface area (Å²) in [6, 6.07) is 1.81. The molecule has 0 saturated carbocycles. The van der Waals surface area contributed by atoms with Crippen molar-refractivity contribution in [2.75, 3.05) is 0 Å². The van der Waals surface area contributed by atoms with Crippen LogP contribution in [0.1, 0.15) is 46.0 Å². The summed E-state index contributed by atoms with van der Waals surface area (Å²) in [5.74, 6) is 1.25. The van der Waals surface area contributed by atoms with E-state index >= 15 is 0 Å². The third-order valence-electron chi connectivity index (χ3n) is 3.58. The zero-order valence-corrected chi connectivity index (χ0v) is 12.7. The van der Waals surface area contributed by atoms with E-state index in [0.29, 0.717) is 5.75 Å². The molecule has 3 rings (SSSR count). The van der Waals surface area contributed by atoms with E-state index < -0.39 is 5.97 Å². The number of aryl methyl sites for hydroxylation is 2. The van der Waals surface area contributed by atoms with E-state index in [4.69, 9.17) is 4.74 Å². The lowest BCUT2D eigenvalue weighted by atomic mass is 10.2. The Hall–Kier alpha value is -1.89. The Morgan fingerprint density at radius 2 is 2.33 bits per heavy atom. The van der Waals surface area contributed by atoms with Crippen molar-refractivity contribution in [2.45, 2.75) is 45.8 Å². The zero-order chi connectivity index (χ0) is 14.8. The number of aromatic nitrogens is 3. The highest BCUT2D eigenvalue weighted by molar-refractivity contribution is 7.14. The third kappa shape index (κ3) is 2.78. The van der Waals surface area contributed by atoms with Gasteiger partial charge in [-0.3, -0.25) is 0 Å². The lowest BCUT2D eigenvalue weighted by Gasteiger charge is -2.14. The van der Waals surface area contributed by atoms with E-state index in [-0.39, 0.29) is 11.5 Å². The number of hydrogen-bond acceptors (Lipinski definition) is 5. The van der Waals surface area contributed by atoms with Gasteiger partial charge in [0.25, 0.3) is 0 Å². The van der Waals surface area contributed by atoms with Crippen molar-refractivity contribution in [1.82, 2.24) is 14.8 Å². The highest BCUT2D eigenvalue weighted by Crippen LogP contribution is 2.30. The minimum atomic E-state index is -0.946. The number of fused-ring (bicyclic) bond motifs is 1. The first kappa shape index (κ1) is 14.1. The molecule has 0 aromatic carbocycles. The highest BCUT2D eigenvalue weighted by atomic mass is 32.1. The van der Waals surface area contributed by atoms with Crippen LogP contribution < -0.4 is 4.74 Å². The Kier molecular flexibility index (Phi) is 3.92. The number of aromatic carboxylic acids is 1. The fourth-order valence-electron chi connectivity index (χ4n) is 2.47. The number of carbonyl (C=O) groups is 1. The van der Waals surface area contributed by atoms with Crippen LogP contribution in [0, 0.1) is 0 Å². The van der Waals surface area contributed by atoms with Gasteiger partial charge in [0.1, 0.15) is 18.2 Å². The highest BCUT2D eigenvalue weighted by Gasteiger charge is 2.19. The molecular weight excluding hydrogens is 290 g/mol. The number of carboxylic acid groups (broad SMARTS) is 1. The molecule has 0 radical (unpaired) electrons. The van der Waals surface area contributed by atoms with Gasteiger partial charge in [-0.2, -0.15) is 0 Å². The molecule has 112 valence electrons. The average molecular weight is 307 g/mol.